The molecule has 2 aliphatic rings. The minimum absolute atomic E-state index is 0. The molecule has 0 saturated carbocycles. The van der Waals surface area contributed by atoms with Crippen LogP contribution in [0.25, 0.3) is 0 Å². The third-order valence-corrected chi connectivity index (χ3v) is 5.48. The highest BCUT2D eigenvalue weighted by molar-refractivity contribution is 5.85. The summed E-state index contributed by atoms with van der Waals surface area (Å²) >= 11 is 0. The summed E-state index contributed by atoms with van der Waals surface area (Å²) in [6, 6.07) is 4.03. The van der Waals surface area contributed by atoms with Crippen LogP contribution in [0.15, 0.2) is 12.1 Å². The number of rotatable bonds is 8. The van der Waals surface area contributed by atoms with E-state index in [1.54, 1.807) is 21.3 Å². The van der Waals surface area contributed by atoms with Crippen LogP contribution < -0.4 is 14.2 Å². The van der Waals surface area contributed by atoms with Crippen LogP contribution in [0.2, 0.25) is 0 Å². The van der Waals surface area contributed by atoms with Crippen molar-refractivity contribution in [1.29, 1.82) is 0 Å². The molecule has 2 aliphatic heterocycles. The summed E-state index contributed by atoms with van der Waals surface area (Å²) in [5.74, 6) is 2.14. The van der Waals surface area contributed by atoms with Gasteiger partial charge >= 0.3 is 0 Å². The lowest BCUT2D eigenvalue weighted by Crippen LogP contribution is -2.49. The van der Waals surface area contributed by atoms with E-state index in [1.807, 2.05) is 6.07 Å². The molecule has 9 heteroatoms. The van der Waals surface area contributed by atoms with Crippen molar-refractivity contribution in [2.24, 2.45) is 0 Å². The van der Waals surface area contributed by atoms with Gasteiger partial charge in [-0.2, -0.15) is 0 Å². The quantitative estimate of drug-likeness (QED) is 0.598. The van der Waals surface area contributed by atoms with Gasteiger partial charge in [0.2, 0.25) is 5.75 Å². The topological polar surface area (TPSA) is 78.1 Å². The molecule has 2 N–H and O–H groups in total. The van der Waals surface area contributed by atoms with E-state index in [2.05, 4.69) is 20.8 Å². The highest BCUT2D eigenvalue weighted by Crippen LogP contribution is 2.40. The standard InChI is InChI=1S/C20H33N3O4.ClH.H2O/c1-24-18-5-4-17(19(25-2)20(18)26-3)16-23-10-8-21(9-11-23)6-7-22-12-14-27-15-13-22;;/h4-5H,6-16H2,1-3H3;1H;1H2. The first-order valence-electron chi connectivity index (χ1n) is 9.77. The molecule has 1 aromatic rings. The van der Waals surface area contributed by atoms with Gasteiger partial charge < -0.3 is 24.4 Å². The summed E-state index contributed by atoms with van der Waals surface area (Å²) in [6.45, 7) is 11.4. The number of benzene rings is 1. The maximum absolute atomic E-state index is 5.62. The molecule has 8 nitrogen and oxygen atoms in total. The summed E-state index contributed by atoms with van der Waals surface area (Å²) in [6.07, 6.45) is 0. The average molecular weight is 434 g/mol. The van der Waals surface area contributed by atoms with Crippen molar-refractivity contribution in [2.45, 2.75) is 6.54 Å². The summed E-state index contributed by atoms with van der Waals surface area (Å²) in [5.41, 5.74) is 1.14. The van der Waals surface area contributed by atoms with Gasteiger partial charge in [-0.1, -0.05) is 6.07 Å². The molecule has 1 aromatic carbocycles. The average Bonchev–Trinajstić information content (AvgIpc) is 2.73. The number of nitrogens with zero attached hydrogens (tertiary/aromatic N) is 3. The molecule has 0 aromatic heterocycles. The summed E-state index contributed by atoms with van der Waals surface area (Å²) in [5, 5.41) is 0. The van der Waals surface area contributed by atoms with Crippen molar-refractivity contribution in [2.75, 3.05) is 86.9 Å². The minimum Gasteiger partial charge on any atom is -0.493 e. The van der Waals surface area contributed by atoms with Crippen molar-refractivity contribution >= 4 is 12.4 Å². The predicted octanol–water partition coefficient (Wildman–Crippen LogP) is 0.759. The van der Waals surface area contributed by atoms with Crippen LogP contribution in [0.1, 0.15) is 5.56 Å². The van der Waals surface area contributed by atoms with E-state index >= 15 is 0 Å². The lowest BCUT2D eigenvalue weighted by atomic mass is 10.1. The third-order valence-electron chi connectivity index (χ3n) is 5.48. The molecule has 2 heterocycles. The molecule has 168 valence electrons. The highest BCUT2D eigenvalue weighted by atomic mass is 35.5. The Morgan fingerprint density at radius 1 is 0.759 bits per heavy atom. The summed E-state index contributed by atoms with van der Waals surface area (Å²) < 4.78 is 21.9. The Morgan fingerprint density at radius 2 is 1.31 bits per heavy atom. The largest absolute Gasteiger partial charge is 0.493 e. The first-order chi connectivity index (χ1) is 13.2. The number of hydrogen-bond donors (Lipinski definition) is 0. The second-order valence-electron chi connectivity index (χ2n) is 7.07. The van der Waals surface area contributed by atoms with Crippen molar-refractivity contribution in [3.63, 3.8) is 0 Å². The van der Waals surface area contributed by atoms with Crippen LogP contribution in [-0.2, 0) is 11.3 Å². The van der Waals surface area contributed by atoms with Crippen molar-refractivity contribution < 1.29 is 24.4 Å². The first kappa shape index (κ1) is 25.7. The van der Waals surface area contributed by atoms with Gasteiger partial charge in [-0.3, -0.25) is 14.7 Å². The lowest BCUT2D eigenvalue weighted by Gasteiger charge is -2.36. The van der Waals surface area contributed by atoms with E-state index < -0.39 is 0 Å². The Labute approximate surface area is 180 Å². The zero-order chi connectivity index (χ0) is 19.1. The van der Waals surface area contributed by atoms with Crippen LogP contribution >= 0.6 is 12.4 Å². The minimum atomic E-state index is 0. The summed E-state index contributed by atoms with van der Waals surface area (Å²) in [4.78, 5) is 7.55. The number of piperazine rings is 1. The van der Waals surface area contributed by atoms with Gasteiger partial charge in [0.1, 0.15) is 0 Å². The van der Waals surface area contributed by atoms with Crippen LogP contribution in [-0.4, -0.2) is 107 Å². The maximum Gasteiger partial charge on any atom is 0.203 e. The number of hydrogen-bond acceptors (Lipinski definition) is 7. The maximum atomic E-state index is 5.62. The second-order valence-corrected chi connectivity index (χ2v) is 7.07. The van der Waals surface area contributed by atoms with E-state index in [1.165, 1.54) is 0 Å². The Hall–Kier alpha value is -1.29. The normalized spacial score (nSPS) is 18.4. The van der Waals surface area contributed by atoms with Gasteiger partial charge in [0.15, 0.2) is 11.5 Å². The van der Waals surface area contributed by atoms with E-state index in [4.69, 9.17) is 18.9 Å². The van der Waals surface area contributed by atoms with Crippen molar-refractivity contribution in [3.8, 4) is 17.2 Å². The van der Waals surface area contributed by atoms with Gasteiger partial charge in [0.25, 0.3) is 0 Å². The zero-order valence-corrected chi connectivity index (χ0v) is 18.6. The predicted molar refractivity (Wildman–Crippen MR) is 116 cm³/mol. The molecular weight excluding hydrogens is 398 g/mol. The van der Waals surface area contributed by atoms with E-state index in [-0.39, 0.29) is 17.9 Å². The molecule has 2 saturated heterocycles. The molecule has 0 atom stereocenters. The fourth-order valence-electron chi connectivity index (χ4n) is 3.81. The van der Waals surface area contributed by atoms with E-state index in [0.717, 1.165) is 83.4 Å². The van der Waals surface area contributed by atoms with Gasteiger partial charge in [-0.25, -0.2) is 0 Å². The van der Waals surface area contributed by atoms with Crippen molar-refractivity contribution in [3.05, 3.63) is 17.7 Å². The lowest BCUT2D eigenvalue weighted by molar-refractivity contribution is 0.0296. The molecule has 2 fully saturated rings. The monoisotopic (exact) mass is 433 g/mol. The molecule has 0 radical (unpaired) electrons. The number of halogens is 1. The fraction of sp³-hybridized carbons (Fsp3) is 0.700. The molecule has 0 aliphatic carbocycles. The first-order valence-corrected chi connectivity index (χ1v) is 9.77. The van der Waals surface area contributed by atoms with Gasteiger partial charge in [0.05, 0.1) is 34.5 Å². The Balaban J connectivity index is 0.00000210. The van der Waals surface area contributed by atoms with Crippen molar-refractivity contribution in [1.82, 2.24) is 14.7 Å². The smallest absolute Gasteiger partial charge is 0.203 e. The Morgan fingerprint density at radius 3 is 1.86 bits per heavy atom. The zero-order valence-electron chi connectivity index (χ0n) is 17.8. The SMILES string of the molecule is COc1ccc(CN2CCN(CCN3CCOCC3)CC2)c(OC)c1OC.Cl.O. The second kappa shape index (κ2) is 13.1. The Bertz CT molecular complexity index is 594. The molecule has 29 heavy (non-hydrogen) atoms. The van der Waals surface area contributed by atoms with E-state index in [0.29, 0.717) is 11.5 Å². The fourth-order valence-corrected chi connectivity index (χ4v) is 3.81. The van der Waals surface area contributed by atoms with Gasteiger partial charge in [-0.15, -0.1) is 12.4 Å². The molecule has 0 unspecified atom stereocenters. The summed E-state index contributed by atoms with van der Waals surface area (Å²) in [7, 11) is 4.98. The number of ether oxygens (including phenoxy) is 4. The number of morpholine rings is 1. The molecule has 3 rings (SSSR count). The van der Waals surface area contributed by atoms with Gasteiger partial charge in [0, 0.05) is 64.5 Å². The molecule has 0 spiro atoms. The van der Waals surface area contributed by atoms with E-state index in [9.17, 15) is 0 Å². The van der Waals surface area contributed by atoms with Crippen LogP contribution in [0, 0.1) is 0 Å². The molecule has 0 amide bonds. The molecular formula is C20H36ClN3O5. The third kappa shape index (κ3) is 6.87. The van der Waals surface area contributed by atoms with Gasteiger partial charge in [-0.05, 0) is 6.07 Å². The molecule has 0 bridgehead atoms. The van der Waals surface area contributed by atoms with Crippen LogP contribution in [0.3, 0.4) is 0 Å². The number of methoxy groups -OCH3 is 3. The highest BCUT2D eigenvalue weighted by Gasteiger charge is 2.21. The Kier molecular flexibility index (Phi) is 11.6. The van der Waals surface area contributed by atoms with Crippen LogP contribution in [0.4, 0.5) is 0 Å². The van der Waals surface area contributed by atoms with Crippen LogP contribution in [0.5, 0.6) is 17.2 Å².